The molecule has 1 N–H and O–H groups in total. The van der Waals surface area contributed by atoms with Crippen molar-refractivity contribution in [2.45, 2.75) is 6.54 Å². The van der Waals surface area contributed by atoms with Crippen LogP contribution in [0.4, 0.5) is 10.1 Å². The normalized spacial score (nSPS) is 10.1. The zero-order chi connectivity index (χ0) is 11.4. The molecule has 82 valence electrons. The zero-order valence-corrected chi connectivity index (χ0v) is 10.0. The minimum Gasteiger partial charge on any atom is -0.379 e. The maximum Gasteiger partial charge on any atom is 0.123 e. The van der Waals surface area contributed by atoms with Gasteiger partial charge in [-0.15, -0.1) is 0 Å². The average Bonchev–Trinajstić information content (AvgIpc) is 2.30. The molecule has 1 aromatic carbocycles. The molecule has 0 atom stereocenters. The summed E-state index contributed by atoms with van der Waals surface area (Å²) >= 11 is 3.42. The molecule has 0 amide bonds. The Hall–Kier alpha value is -1.42. The van der Waals surface area contributed by atoms with E-state index >= 15 is 0 Å². The summed E-state index contributed by atoms with van der Waals surface area (Å²) in [6.45, 7) is 0.604. The minimum absolute atomic E-state index is 0.232. The third-order valence-electron chi connectivity index (χ3n) is 2.14. The van der Waals surface area contributed by atoms with Gasteiger partial charge in [-0.2, -0.15) is 0 Å². The van der Waals surface area contributed by atoms with Crippen molar-refractivity contribution in [1.29, 1.82) is 0 Å². The molecule has 0 unspecified atom stereocenters. The Balaban J connectivity index is 2.02. The Morgan fingerprint density at radius 1 is 1.19 bits per heavy atom. The number of rotatable bonds is 3. The third-order valence-corrected chi connectivity index (χ3v) is 2.86. The average molecular weight is 281 g/mol. The van der Waals surface area contributed by atoms with E-state index in [4.69, 9.17) is 0 Å². The van der Waals surface area contributed by atoms with Gasteiger partial charge in [0, 0.05) is 16.4 Å². The Morgan fingerprint density at radius 2 is 1.94 bits per heavy atom. The molecule has 0 spiro atoms. The predicted molar refractivity (Wildman–Crippen MR) is 65.7 cm³/mol. The van der Waals surface area contributed by atoms with Crippen LogP contribution in [-0.2, 0) is 6.54 Å². The van der Waals surface area contributed by atoms with E-state index in [0.717, 1.165) is 15.9 Å². The molecule has 1 heterocycles. The summed E-state index contributed by atoms with van der Waals surface area (Å²) in [6, 6.07) is 10.1. The van der Waals surface area contributed by atoms with Crippen LogP contribution >= 0.6 is 15.9 Å². The molecule has 0 fully saturated rings. The number of aromatic nitrogens is 1. The van der Waals surface area contributed by atoms with Crippen LogP contribution in [0.25, 0.3) is 0 Å². The lowest BCUT2D eigenvalue weighted by atomic mass is 10.3. The second-order valence-corrected chi connectivity index (χ2v) is 4.15. The molecule has 0 radical (unpaired) electrons. The number of anilines is 1. The van der Waals surface area contributed by atoms with E-state index in [1.54, 1.807) is 18.3 Å². The smallest absolute Gasteiger partial charge is 0.123 e. The van der Waals surface area contributed by atoms with E-state index in [0.29, 0.717) is 6.54 Å². The lowest BCUT2D eigenvalue weighted by Gasteiger charge is -2.06. The number of halogens is 2. The van der Waals surface area contributed by atoms with Gasteiger partial charge in [-0.3, -0.25) is 4.98 Å². The molecule has 2 nitrogen and oxygen atoms in total. The van der Waals surface area contributed by atoms with Gasteiger partial charge in [0.15, 0.2) is 0 Å². The molecule has 4 heteroatoms. The molecule has 0 aliphatic carbocycles. The first-order valence-electron chi connectivity index (χ1n) is 4.84. The third kappa shape index (κ3) is 2.79. The van der Waals surface area contributed by atoms with Crippen molar-refractivity contribution >= 4 is 21.6 Å². The molecule has 0 aliphatic heterocycles. The summed E-state index contributed by atoms with van der Waals surface area (Å²) in [5.74, 6) is -0.232. The quantitative estimate of drug-likeness (QED) is 0.929. The van der Waals surface area contributed by atoms with Crippen LogP contribution in [-0.4, -0.2) is 4.98 Å². The molecule has 0 saturated heterocycles. The first-order valence-corrected chi connectivity index (χ1v) is 5.64. The second kappa shape index (κ2) is 5.07. The summed E-state index contributed by atoms with van der Waals surface area (Å²) < 4.78 is 13.6. The molecule has 1 aromatic heterocycles. The molecule has 16 heavy (non-hydrogen) atoms. The van der Waals surface area contributed by atoms with Crippen molar-refractivity contribution in [2.24, 2.45) is 0 Å². The fourth-order valence-corrected chi connectivity index (χ4v) is 1.70. The minimum atomic E-state index is -0.232. The van der Waals surface area contributed by atoms with Gasteiger partial charge in [0.25, 0.3) is 0 Å². The van der Waals surface area contributed by atoms with Gasteiger partial charge in [-0.1, -0.05) is 0 Å². The van der Waals surface area contributed by atoms with Gasteiger partial charge in [-0.25, -0.2) is 4.39 Å². The van der Waals surface area contributed by atoms with Gasteiger partial charge in [0.2, 0.25) is 0 Å². The highest BCUT2D eigenvalue weighted by Gasteiger charge is 1.99. The van der Waals surface area contributed by atoms with Crippen molar-refractivity contribution < 1.29 is 4.39 Å². The lowest BCUT2D eigenvalue weighted by Crippen LogP contribution is -2.02. The lowest BCUT2D eigenvalue weighted by molar-refractivity contribution is 0.628. The number of nitrogens with zero attached hydrogens (tertiary/aromatic N) is 1. The van der Waals surface area contributed by atoms with E-state index in [1.165, 1.54) is 12.1 Å². The summed E-state index contributed by atoms with van der Waals surface area (Å²) in [6.07, 6.45) is 1.74. The Morgan fingerprint density at radius 3 is 2.62 bits per heavy atom. The maximum absolute atomic E-state index is 12.7. The van der Waals surface area contributed by atoms with Crippen LogP contribution < -0.4 is 5.32 Å². The summed E-state index contributed by atoms with van der Waals surface area (Å²) in [5.41, 5.74) is 1.80. The standard InChI is InChI=1S/C12H10BrFN2/c13-11-2-1-7-15-12(11)8-16-10-5-3-9(14)4-6-10/h1-7,16H,8H2. The van der Waals surface area contributed by atoms with E-state index in [2.05, 4.69) is 26.2 Å². The van der Waals surface area contributed by atoms with Crippen molar-refractivity contribution in [2.75, 3.05) is 5.32 Å². The van der Waals surface area contributed by atoms with Crippen LogP contribution in [0.5, 0.6) is 0 Å². The van der Waals surface area contributed by atoms with Crippen LogP contribution in [0.2, 0.25) is 0 Å². The monoisotopic (exact) mass is 280 g/mol. The molecule has 0 bridgehead atoms. The fraction of sp³-hybridized carbons (Fsp3) is 0.0833. The Bertz CT molecular complexity index is 471. The Labute approximate surface area is 102 Å². The van der Waals surface area contributed by atoms with Crippen LogP contribution in [0, 0.1) is 5.82 Å². The second-order valence-electron chi connectivity index (χ2n) is 3.29. The Kier molecular flexibility index (Phi) is 3.51. The SMILES string of the molecule is Fc1ccc(NCc2ncccc2Br)cc1. The number of nitrogens with one attached hydrogen (secondary N) is 1. The van der Waals surface area contributed by atoms with Gasteiger partial charge < -0.3 is 5.32 Å². The number of benzene rings is 1. The summed E-state index contributed by atoms with van der Waals surface area (Å²) in [5, 5.41) is 3.17. The van der Waals surface area contributed by atoms with Gasteiger partial charge in [-0.05, 0) is 52.3 Å². The van der Waals surface area contributed by atoms with Gasteiger partial charge >= 0.3 is 0 Å². The van der Waals surface area contributed by atoms with E-state index < -0.39 is 0 Å². The molecular formula is C12H10BrFN2. The van der Waals surface area contributed by atoms with E-state index in [1.807, 2.05) is 12.1 Å². The first-order chi connectivity index (χ1) is 7.75. The molecule has 2 rings (SSSR count). The zero-order valence-electron chi connectivity index (χ0n) is 8.45. The molecule has 0 aliphatic rings. The van der Waals surface area contributed by atoms with E-state index in [-0.39, 0.29) is 5.82 Å². The topological polar surface area (TPSA) is 24.9 Å². The summed E-state index contributed by atoms with van der Waals surface area (Å²) in [7, 11) is 0. The van der Waals surface area contributed by atoms with Crippen LogP contribution in [0.3, 0.4) is 0 Å². The number of hydrogen-bond acceptors (Lipinski definition) is 2. The van der Waals surface area contributed by atoms with Gasteiger partial charge in [0.05, 0.1) is 12.2 Å². The van der Waals surface area contributed by atoms with Crippen molar-refractivity contribution in [1.82, 2.24) is 4.98 Å². The largest absolute Gasteiger partial charge is 0.379 e. The highest BCUT2D eigenvalue weighted by molar-refractivity contribution is 9.10. The predicted octanol–water partition coefficient (Wildman–Crippen LogP) is 3.60. The maximum atomic E-state index is 12.7. The highest BCUT2D eigenvalue weighted by Crippen LogP contribution is 2.15. The van der Waals surface area contributed by atoms with Crippen molar-refractivity contribution in [3.05, 3.63) is 58.6 Å². The molecular weight excluding hydrogens is 271 g/mol. The highest BCUT2D eigenvalue weighted by atomic mass is 79.9. The molecule has 0 saturated carbocycles. The fourth-order valence-electron chi connectivity index (χ4n) is 1.30. The van der Waals surface area contributed by atoms with Crippen LogP contribution in [0.1, 0.15) is 5.69 Å². The summed E-state index contributed by atoms with van der Waals surface area (Å²) in [4.78, 5) is 4.23. The van der Waals surface area contributed by atoms with Gasteiger partial charge in [0.1, 0.15) is 5.82 Å². The van der Waals surface area contributed by atoms with Crippen LogP contribution in [0.15, 0.2) is 47.1 Å². The number of pyridine rings is 1. The number of hydrogen-bond donors (Lipinski definition) is 1. The van der Waals surface area contributed by atoms with Crippen molar-refractivity contribution in [3.63, 3.8) is 0 Å². The van der Waals surface area contributed by atoms with Crippen molar-refractivity contribution in [3.8, 4) is 0 Å². The first kappa shape index (κ1) is 11.1. The molecule has 2 aromatic rings. The van der Waals surface area contributed by atoms with E-state index in [9.17, 15) is 4.39 Å².